The lowest BCUT2D eigenvalue weighted by molar-refractivity contribution is -0.143. The smallest absolute Gasteiger partial charge is 0.267 e. The summed E-state index contributed by atoms with van der Waals surface area (Å²) in [5, 5.41) is 11.9. The number of anilines is 1. The molecule has 9 nitrogen and oxygen atoms in total. The fraction of sp³-hybridized carbons (Fsp3) is 0.571. The number of rotatable bonds is 9. The van der Waals surface area contributed by atoms with Crippen molar-refractivity contribution in [2.75, 3.05) is 32.5 Å². The van der Waals surface area contributed by atoms with Crippen LogP contribution in [0.3, 0.4) is 0 Å². The Kier molecular flexibility index (Phi) is 8.35. The molecule has 0 unspecified atom stereocenters. The Morgan fingerprint density at radius 2 is 2.10 bits per heavy atom. The Bertz CT molecular complexity index is 1340. The molecule has 1 saturated carbocycles. The monoisotopic (exact) mass is 577 g/mol. The molecule has 11 heteroatoms. The molecule has 4 rings (SSSR count). The quantitative estimate of drug-likeness (QED) is 0.427. The Morgan fingerprint density at radius 1 is 1.38 bits per heavy atom. The molecule has 1 fully saturated rings. The number of hydrogen-bond acceptors (Lipinski definition) is 8. The molecule has 0 radical (unpaired) electrons. The number of amides is 1. The molecule has 6 atom stereocenters. The molecule has 2 N–H and O–H groups in total. The number of fused-ring (bicyclic) bond motifs is 2. The Hall–Kier alpha value is -2.63. The molecule has 0 spiro atoms. The van der Waals surface area contributed by atoms with E-state index in [1.54, 1.807) is 30.2 Å². The Labute approximate surface area is 235 Å². The molecular formula is C28H39N3O6S2. The highest BCUT2D eigenvalue weighted by Gasteiger charge is 2.54. The summed E-state index contributed by atoms with van der Waals surface area (Å²) in [7, 11) is 0.636. The van der Waals surface area contributed by atoms with Gasteiger partial charge in [0.1, 0.15) is 16.4 Å². The standard InChI is InChI=1S/C28H39N3O6S2/c1-8-13-31(5)26(33)16(2)19-11-12-28(4)15-21-24(17(3)23(28)25(19)32)29-27(38-21)30-39(34,35)22-14-18(36-6)9-10-20(22)37-7/h8-10,14,16-17,19,23,25,32H,1,11-13,15H2,2-7H3,(H,29,30)/t16-,17-,19+,23+,25-,28-/m0/s1. The highest BCUT2D eigenvalue weighted by molar-refractivity contribution is 7.93. The first-order valence-electron chi connectivity index (χ1n) is 13.1. The molecule has 214 valence electrons. The third-order valence-corrected chi connectivity index (χ3v) is 11.1. The van der Waals surface area contributed by atoms with Crippen molar-refractivity contribution in [2.24, 2.45) is 23.2 Å². The van der Waals surface area contributed by atoms with E-state index < -0.39 is 16.1 Å². The lowest BCUT2D eigenvalue weighted by atomic mass is 9.53. The predicted molar refractivity (Wildman–Crippen MR) is 152 cm³/mol. The second kappa shape index (κ2) is 11.1. The number of hydrogen-bond donors (Lipinski definition) is 2. The highest BCUT2D eigenvalue weighted by atomic mass is 32.2. The number of likely N-dealkylation sites (N-methyl/N-ethyl adjacent to an activating group) is 1. The van der Waals surface area contributed by atoms with Crippen molar-refractivity contribution in [2.45, 2.75) is 57.0 Å². The third-order valence-electron chi connectivity index (χ3n) is 8.61. The molecular weight excluding hydrogens is 538 g/mol. The van der Waals surface area contributed by atoms with Gasteiger partial charge in [0, 0.05) is 36.4 Å². The van der Waals surface area contributed by atoms with Crippen LogP contribution in [0.4, 0.5) is 5.13 Å². The number of carbonyl (C=O) groups excluding carboxylic acids is 1. The molecule has 2 aromatic rings. The van der Waals surface area contributed by atoms with Gasteiger partial charge in [0.15, 0.2) is 5.13 Å². The summed E-state index contributed by atoms with van der Waals surface area (Å²) < 4.78 is 39.8. The minimum atomic E-state index is -4.01. The molecule has 1 amide bonds. The van der Waals surface area contributed by atoms with Gasteiger partial charge >= 0.3 is 0 Å². The van der Waals surface area contributed by atoms with Crippen LogP contribution in [-0.4, -0.2) is 63.2 Å². The van der Waals surface area contributed by atoms with Crippen molar-refractivity contribution >= 4 is 32.4 Å². The van der Waals surface area contributed by atoms with Crippen LogP contribution >= 0.6 is 11.3 Å². The maximum Gasteiger partial charge on any atom is 0.267 e. The average Bonchev–Trinajstić information content (AvgIpc) is 3.28. The Balaban J connectivity index is 1.60. The summed E-state index contributed by atoms with van der Waals surface area (Å²) >= 11 is 1.34. The van der Waals surface area contributed by atoms with Crippen molar-refractivity contribution in [3.63, 3.8) is 0 Å². The van der Waals surface area contributed by atoms with Gasteiger partial charge in [0.05, 0.1) is 26.0 Å². The van der Waals surface area contributed by atoms with E-state index in [0.29, 0.717) is 18.7 Å². The summed E-state index contributed by atoms with van der Waals surface area (Å²) in [6.45, 7) is 10.3. The zero-order chi connectivity index (χ0) is 28.7. The number of nitrogens with zero attached hydrogens (tertiary/aromatic N) is 2. The average molecular weight is 578 g/mol. The summed E-state index contributed by atoms with van der Waals surface area (Å²) in [4.78, 5) is 20.4. The van der Waals surface area contributed by atoms with E-state index in [2.05, 4.69) is 18.2 Å². The van der Waals surface area contributed by atoms with Crippen LogP contribution in [0.2, 0.25) is 0 Å². The number of carbonyl (C=O) groups is 1. The molecule has 0 aliphatic heterocycles. The summed E-state index contributed by atoms with van der Waals surface area (Å²) in [5.74, 6) is -0.0904. The number of sulfonamides is 1. The molecule has 2 aliphatic rings. The van der Waals surface area contributed by atoms with Gasteiger partial charge in [-0.2, -0.15) is 0 Å². The van der Waals surface area contributed by atoms with E-state index in [-0.39, 0.29) is 50.8 Å². The molecule has 2 aliphatic carbocycles. The predicted octanol–water partition coefficient (Wildman–Crippen LogP) is 4.29. The van der Waals surface area contributed by atoms with Crippen LogP contribution in [0.25, 0.3) is 0 Å². The van der Waals surface area contributed by atoms with Gasteiger partial charge in [-0.25, -0.2) is 13.4 Å². The maximum absolute atomic E-state index is 13.3. The summed E-state index contributed by atoms with van der Waals surface area (Å²) in [5.41, 5.74) is 0.622. The van der Waals surface area contributed by atoms with Crippen molar-refractivity contribution in [1.29, 1.82) is 0 Å². The van der Waals surface area contributed by atoms with Crippen molar-refractivity contribution in [1.82, 2.24) is 9.88 Å². The number of benzene rings is 1. The van der Waals surface area contributed by atoms with Crippen LogP contribution in [0.5, 0.6) is 11.5 Å². The van der Waals surface area contributed by atoms with Crippen LogP contribution in [0, 0.1) is 23.2 Å². The molecule has 1 aromatic carbocycles. The molecule has 0 saturated heterocycles. The second-order valence-electron chi connectivity index (χ2n) is 11.1. The van der Waals surface area contributed by atoms with Crippen LogP contribution in [-0.2, 0) is 21.2 Å². The minimum absolute atomic E-state index is 0.00465. The Morgan fingerprint density at radius 3 is 2.74 bits per heavy atom. The minimum Gasteiger partial charge on any atom is -0.497 e. The fourth-order valence-electron chi connectivity index (χ4n) is 6.57. The lowest BCUT2D eigenvalue weighted by Crippen LogP contribution is -2.53. The lowest BCUT2D eigenvalue weighted by Gasteiger charge is -2.53. The first-order chi connectivity index (χ1) is 18.4. The van der Waals surface area contributed by atoms with Gasteiger partial charge in [0.25, 0.3) is 10.0 Å². The van der Waals surface area contributed by atoms with Gasteiger partial charge in [-0.05, 0) is 48.6 Å². The topological polar surface area (TPSA) is 118 Å². The summed E-state index contributed by atoms with van der Waals surface area (Å²) in [6, 6.07) is 4.60. The third kappa shape index (κ3) is 5.40. The van der Waals surface area contributed by atoms with Crippen LogP contribution in [0.1, 0.15) is 50.1 Å². The van der Waals surface area contributed by atoms with Gasteiger partial charge in [-0.1, -0.05) is 26.8 Å². The SMILES string of the molecule is C=CCN(C)C(=O)[C@@H](C)[C@H]1CC[C@@]2(C)Cc3sc(NS(=O)(=O)c4cc(OC)ccc4OC)nc3[C@@H](C)[C@@H]2[C@H]1O. The molecule has 1 aromatic heterocycles. The first kappa shape index (κ1) is 29.4. The van der Waals surface area contributed by atoms with Crippen molar-refractivity contribution in [3.8, 4) is 11.5 Å². The number of thiazole rings is 1. The summed E-state index contributed by atoms with van der Waals surface area (Å²) in [6.07, 6.45) is 3.33. The van der Waals surface area contributed by atoms with E-state index in [1.807, 2.05) is 13.8 Å². The van der Waals surface area contributed by atoms with Gasteiger partial charge in [0.2, 0.25) is 5.91 Å². The number of nitrogens with one attached hydrogen (secondary N) is 1. The number of aliphatic hydroxyl groups is 1. The largest absolute Gasteiger partial charge is 0.497 e. The van der Waals surface area contributed by atoms with E-state index in [0.717, 1.165) is 23.4 Å². The second-order valence-corrected chi connectivity index (χ2v) is 13.8. The fourth-order valence-corrected chi connectivity index (χ4v) is 9.25. The van der Waals surface area contributed by atoms with E-state index in [9.17, 15) is 18.3 Å². The van der Waals surface area contributed by atoms with E-state index >= 15 is 0 Å². The maximum atomic E-state index is 13.3. The normalized spacial score (nSPS) is 27.1. The van der Waals surface area contributed by atoms with Gasteiger partial charge < -0.3 is 19.5 Å². The van der Waals surface area contributed by atoms with Gasteiger partial charge in [-0.15, -0.1) is 17.9 Å². The molecule has 1 heterocycles. The van der Waals surface area contributed by atoms with Gasteiger partial charge in [-0.3, -0.25) is 9.52 Å². The van der Waals surface area contributed by atoms with Crippen LogP contribution < -0.4 is 14.2 Å². The highest BCUT2D eigenvalue weighted by Crippen LogP contribution is 2.57. The van der Waals surface area contributed by atoms with Crippen LogP contribution in [0.15, 0.2) is 35.7 Å². The first-order valence-corrected chi connectivity index (χ1v) is 15.4. The number of aromatic nitrogens is 1. The molecule has 0 bridgehead atoms. The molecule has 39 heavy (non-hydrogen) atoms. The zero-order valence-corrected chi connectivity index (χ0v) is 25.1. The van der Waals surface area contributed by atoms with E-state index in [1.165, 1.54) is 31.6 Å². The number of aliphatic hydroxyl groups excluding tert-OH is 1. The number of methoxy groups -OCH3 is 2. The van der Waals surface area contributed by atoms with Crippen molar-refractivity contribution < 1.29 is 27.8 Å². The van der Waals surface area contributed by atoms with E-state index in [4.69, 9.17) is 14.5 Å². The van der Waals surface area contributed by atoms with Crippen molar-refractivity contribution in [3.05, 3.63) is 41.4 Å². The zero-order valence-electron chi connectivity index (χ0n) is 23.4. The number of ether oxygens (including phenoxy) is 2.